The molecule has 242 valence electrons. The largest absolute Gasteiger partial charge is 0.508 e. The minimum atomic E-state index is -0.526. The van der Waals surface area contributed by atoms with E-state index in [1.807, 2.05) is 24.5 Å². The molecule has 7 nitrogen and oxygen atoms in total. The molecule has 7 atom stereocenters. The minimum Gasteiger partial charge on any atom is -0.508 e. The first-order chi connectivity index (χ1) is 21.9. The Hall–Kier alpha value is -3.16. The Morgan fingerprint density at radius 2 is 1.64 bits per heavy atom. The predicted octanol–water partition coefficient (Wildman–Crippen LogP) is 7.97. The zero-order valence-electron chi connectivity index (χ0n) is 26.5. The summed E-state index contributed by atoms with van der Waals surface area (Å²) in [6, 6.07) is 9.84. The van der Waals surface area contributed by atoms with Crippen molar-refractivity contribution < 1.29 is 29.9 Å². The zero-order chi connectivity index (χ0) is 31.1. The van der Waals surface area contributed by atoms with Crippen LogP contribution in [0.15, 0.2) is 42.7 Å². The van der Waals surface area contributed by atoms with E-state index in [-0.39, 0.29) is 35.2 Å². The van der Waals surface area contributed by atoms with E-state index in [0.717, 1.165) is 59.8 Å². The first kappa shape index (κ1) is 30.5. The molecule has 5 N–H and O–H groups in total. The molecule has 0 bridgehead atoms. The summed E-state index contributed by atoms with van der Waals surface area (Å²) in [6.07, 6.45) is 16.7. The molecule has 1 saturated heterocycles. The van der Waals surface area contributed by atoms with Crippen molar-refractivity contribution in [2.45, 2.75) is 114 Å². The number of benzene rings is 2. The fourth-order valence-corrected chi connectivity index (χ4v) is 9.49. The van der Waals surface area contributed by atoms with Gasteiger partial charge in [-0.1, -0.05) is 50.7 Å². The van der Waals surface area contributed by atoms with Crippen LogP contribution >= 0.6 is 0 Å². The minimum absolute atomic E-state index is 0.0559. The van der Waals surface area contributed by atoms with E-state index in [2.05, 4.69) is 17.1 Å². The molecule has 2 aromatic carbocycles. The number of phenolic OH excluding ortho intramolecular Hbond substituents is 3. The Bertz CT molecular complexity index is 1460. The second kappa shape index (κ2) is 12.9. The van der Waals surface area contributed by atoms with Crippen LogP contribution in [0.3, 0.4) is 0 Å². The summed E-state index contributed by atoms with van der Waals surface area (Å²) in [5.41, 5.74) is 4.90. The van der Waals surface area contributed by atoms with E-state index in [1.54, 1.807) is 6.07 Å². The summed E-state index contributed by atoms with van der Waals surface area (Å²) in [5, 5.41) is 43.7. The third kappa shape index (κ3) is 6.06. The molecule has 7 heteroatoms. The number of nitrogens with one attached hydrogen (secondary N) is 1. The highest BCUT2D eigenvalue weighted by molar-refractivity contribution is 5.59. The van der Waals surface area contributed by atoms with E-state index in [9.17, 15) is 20.4 Å². The maximum absolute atomic E-state index is 11.4. The van der Waals surface area contributed by atoms with Crippen molar-refractivity contribution in [3.63, 3.8) is 0 Å². The van der Waals surface area contributed by atoms with Crippen LogP contribution in [0.2, 0.25) is 0 Å². The van der Waals surface area contributed by atoms with Crippen molar-refractivity contribution in [2.24, 2.45) is 17.8 Å². The zero-order valence-corrected chi connectivity index (χ0v) is 26.5. The number of H-pyrrole nitrogens is 1. The van der Waals surface area contributed by atoms with Crippen molar-refractivity contribution in [3.8, 4) is 23.0 Å². The molecular weight excluding hydrogens is 566 g/mol. The Morgan fingerprint density at radius 3 is 2.42 bits per heavy atom. The van der Waals surface area contributed by atoms with Crippen LogP contribution in [0, 0.1) is 17.8 Å². The van der Waals surface area contributed by atoms with Crippen molar-refractivity contribution in [1.82, 2.24) is 4.98 Å². The van der Waals surface area contributed by atoms with Gasteiger partial charge in [0.25, 0.3) is 0 Å². The number of ether oxygens (including phenoxy) is 2. The molecule has 0 radical (unpaired) electrons. The standard InChI is InChI=1S/C38H49NO6/c1-44-38-31(15-22-13-14-39-21-22)30(19-34(42)37(38)43)36-20-33(41)28-11-9-26(18-35(28)45-36)25-10-12-32(40)29(17-25)27-8-4-7-24(16-27)23-5-2-3-6-23/h10,12-14,17,19,21,23-24,26-28,33,35-36,39-43H,2-9,11,15-16,18,20H2,1H3. The molecule has 7 unspecified atom stereocenters. The maximum Gasteiger partial charge on any atom is 0.200 e. The van der Waals surface area contributed by atoms with Crippen LogP contribution in [0.25, 0.3) is 0 Å². The van der Waals surface area contributed by atoms with Gasteiger partial charge in [0.2, 0.25) is 5.75 Å². The van der Waals surface area contributed by atoms with E-state index in [1.165, 1.54) is 57.6 Å². The number of hydrogen-bond donors (Lipinski definition) is 5. The average molecular weight is 616 g/mol. The summed E-state index contributed by atoms with van der Waals surface area (Å²) in [7, 11) is 1.49. The molecule has 45 heavy (non-hydrogen) atoms. The van der Waals surface area contributed by atoms with E-state index >= 15 is 0 Å². The molecule has 4 aliphatic rings. The molecule has 1 aromatic heterocycles. The van der Waals surface area contributed by atoms with Crippen LogP contribution in [-0.2, 0) is 11.2 Å². The molecule has 0 amide bonds. The van der Waals surface area contributed by atoms with Crippen molar-refractivity contribution in [2.75, 3.05) is 7.11 Å². The quantitative estimate of drug-likeness (QED) is 0.172. The van der Waals surface area contributed by atoms with Crippen molar-refractivity contribution in [1.29, 1.82) is 0 Å². The molecule has 3 aliphatic carbocycles. The van der Waals surface area contributed by atoms with E-state index < -0.39 is 12.2 Å². The number of methoxy groups -OCH3 is 1. The number of aromatic hydroxyl groups is 3. The normalized spacial score (nSPS) is 30.7. The highest BCUT2D eigenvalue weighted by Crippen LogP contribution is 2.51. The number of aromatic amines is 1. The lowest BCUT2D eigenvalue weighted by Gasteiger charge is -2.45. The smallest absolute Gasteiger partial charge is 0.200 e. The number of aromatic nitrogens is 1. The molecule has 1 aliphatic heterocycles. The van der Waals surface area contributed by atoms with Gasteiger partial charge in [-0.2, -0.15) is 0 Å². The number of rotatable bonds is 7. The van der Waals surface area contributed by atoms with Gasteiger partial charge >= 0.3 is 0 Å². The first-order valence-electron chi connectivity index (χ1n) is 17.3. The van der Waals surface area contributed by atoms with Crippen LogP contribution in [0.1, 0.15) is 123 Å². The highest BCUT2D eigenvalue weighted by Gasteiger charge is 2.43. The Balaban J connectivity index is 1.12. The fraction of sp³-hybridized carbons (Fsp3) is 0.579. The Kier molecular flexibility index (Phi) is 8.75. The van der Waals surface area contributed by atoms with Gasteiger partial charge in [-0.15, -0.1) is 0 Å². The lowest BCUT2D eigenvalue weighted by Crippen LogP contribution is -2.44. The summed E-state index contributed by atoms with van der Waals surface area (Å²) in [4.78, 5) is 3.08. The molecular formula is C38H49NO6. The third-order valence-electron chi connectivity index (χ3n) is 11.8. The highest BCUT2D eigenvalue weighted by atomic mass is 16.5. The lowest BCUT2D eigenvalue weighted by atomic mass is 9.70. The topological polar surface area (TPSA) is 115 Å². The monoisotopic (exact) mass is 615 g/mol. The maximum atomic E-state index is 11.4. The SMILES string of the molecule is COc1c(O)c(O)cc(C2CC(O)C3CCC(c4ccc(O)c(C5CCCC(C6CCCC6)C5)c4)CC3O2)c1Cc1cc[nH]c1. The number of aliphatic hydroxyl groups is 1. The molecule has 4 fully saturated rings. The molecule has 2 heterocycles. The van der Waals surface area contributed by atoms with Gasteiger partial charge in [-0.05, 0) is 96.2 Å². The van der Waals surface area contributed by atoms with Gasteiger partial charge in [0, 0.05) is 36.7 Å². The summed E-state index contributed by atoms with van der Waals surface area (Å²) in [6.45, 7) is 0. The van der Waals surface area contributed by atoms with Crippen LogP contribution in [0.5, 0.6) is 23.0 Å². The fourth-order valence-electron chi connectivity index (χ4n) is 9.49. The Labute approximate surface area is 266 Å². The van der Waals surface area contributed by atoms with Gasteiger partial charge in [0.15, 0.2) is 11.5 Å². The van der Waals surface area contributed by atoms with Crippen LogP contribution in [0.4, 0.5) is 0 Å². The second-order valence-corrected chi connectivity index (χ2v) is 14.4. The molecule has 3 saturated carbocycles. The van der Waals surface area contributed by atoms with Gasteiger partial charge in [-0.3, -0.25) is 0 Å². The summed E-state index contributed by atoms with van der Waals surface area (Å²) >= 11 is 0. The number of aliphatic hydroxyl groups excluding tert-OH is 1. The number of hydrogen-bond acceptors (Lipinski definition) is 6. The Morgan fingerprint density at radius 1 is 0.822 bits per heavy atom. The molecule has 0 spiro atoms. The van der Waals surface area contributed by atoms with Gasteiger partial charge in [0.05, 0.1) is 25.4 Å². The first-order valence-corrected chi connectivity index (χ1v) is 17.3. The van der Waals surface area contributed by atoms with Crippen molar-refractivity contribution in [3.05, 3.63) is 70.5 Å². The summed E-state index contributed by atoms with van der Waals surface area (Å²) < 4.78 is 12.4. The van der Waals surface area contributed by atoms with Gasteiger partial charge in [0.1, 0.15) is 5.75 Å². The predicted molar refractivity (Wildman–Crippen MR) is 173 cm³/mol. The van der Waals surface area contributed by atoms with Crippen LogP contribution < -0.4 is 4.74 Å². The van der Waals surface area contributed by atoms with Crippen LogP contribution in [-0.4, -0.2) is 44.7 Å². The van der Waals surface area contributed by atoms with Gasteiger partial charge in [-0.25, -0.2) is 0 Å². The summed E-state index contributed by atoms with van der Waals surface area (Å²) in [5.74, 6) is 2.56. The third-order valence-corrected chi connectivity index (χ3v) is 11.8. The number of phenols is 3. The molecule has 7 rings (SSSR count). The number of fused-ring (bicyclic) bond motifs is 1. The lowest BCUT2D eigenvalue weighted by molar-refractivity contribution is -0.154. The van der Waals surface area contributed by atoms with Crippen molar-refractivity contribution >= 4 is 0 Å². The van der Waals surface area contributed by atoms with E-state index in [4.69, 9.17) is 9.47 Å². The average Bonchev–Trinajstić information content (AvgIpc) is 3.78. The molecule has 3 aromatic rings. The van der Waals surface area contributed by atoms with Gasteiger partial charge < -0.3 is 34.9 Å². The van der Waals surface area contributed by atoms with E-state index in [0.29, 0.717) is 24.5 Å². The second-order valence-electron chi connectivity index (χ2n) is 14.4.